The van der Waals surface area contributed by atoms with E-state index in [1.54, 1.807) is 0 Å². The first-order chi connectivity index (χ1) is 14.8. The van der Waals surface area contributed by atoms with Gasteiger partial charge < -0.3 is 20.0 Å². The van der Waals surface area contributed by atoms with Gasteiger partial charge in [-0.15, -0.1) is 0 Å². The Bertz CT molecular complexity index is 922. The maximum Gasteiger partial charge on any atom is 0.233 e. The second-order valence-electron chi connectivity index (χ2n) is 7.08. The molecule has 2 aromatic heterocycles. The van der Waals surface area contributed by atoms with Gasteiger partial charge in [-0.2, -0.15) is 15.0 Å². The number of benzene rings is 1. The lowest BCUT2D eigenvalue weighted by Gasteiger charge is -2.35. The lowest BCUT2D eigenvalue weighted by atomic mass is 10.3. The highest BCUT2D eigenvalue weighted by Gasteiger charge is 2.22. The van der Waals surface area contributed by atoms with Gasteiger partial charge in [0.25, 0.3) is 0 Å². The zero-order valence-corrected chi connectivity index (χ0v) is 17.6. The third-order valence-corrected chi connectivity index (χ3v) is 5.22. The summed E-state index contributed by atoms with van der Waals surface area (Å²) in [7, 11) is 0. The SMILES string of the molecule is CCN(CC)c1nc(Nc2ccccc2)nc(N2CCN(c3ccccn3)CC2)n1. The quantitative estimate of drug-likeness (QED) is 0.644. The van der Waals surface area contributed by atoms with Crippen LogP contribution in [0.2, 0.25) is 0 Å². The largest absolute Gasteiger partial charge is 0.353 e. The van der Waals surface area contributed by atoms with E-state index >= 15 is 0 Å². The standard InChI is InChI=1S/C22H28N8/c1-3-28(4-2)21-25-20(24-18-10-6-5-7-11-18)26-22(27-21)30-16-14-29(15-17-30)19-12-8-9-13-23-19/h5-13H,3-4,14-17H2,1-2H3,(H,24,25,26,27). The van der Waals surface area contributed by atoms with E-state index in [0.29, 0.717) is 17.8 Å². The molecule has 0 atom stereocenters. The molecule has 0 amide bonds. The minimum absolute atomic E-state index is 0.570. The Morgan fingerprint density at radius 2 is 1.53 bits per heavy atom. The van der Waals surface area contributed by atoms with Crippen LogP contribution in [0.3, 0.4) is 0 Å². The van der Waals surface area contributed by atoms with E-state index in [2.05, 4.69) is 49.9 Å². The number of rotatable bonds is 7. The van der Waals surface area contributed by atoms with Crippen molar-refractivity contribution in [2.45, 2.75) is 13.8 Å². The molecular weight excluding hydrogens is 376 g/mol. The zero-order chi connectivity index (χ0) is 20.8. The number of hydrogen-bond donors (Lipinski definition) is 1. The molecule has 1 aromatic carbocycles. The fourth-order valence-corrected chi connectivity index (χ4v) is 3.53. The van der Waals surface area contributed by atoms with E-state index in [-0.39, 0.29) is 0 Å². The van der Waals surface area contributed by atoms with Crippen molar-refractivity contribution in [3.05, 3.63) is 54.7 Å². The van der Waals surface area contributed by atoms with E-state index in [0.717, 1.165) is 50.8 Å². The summed E-state index contributed by atoms with van der Waals surface area (Å²) in [5.74, 6) is 3.00. The van der Waals surface area contributed by atoms with Gasteiger partial charge in [0.15, 0.2) is 0 Å². The first kappa shape index (κ1) is 19.9. The molecule has 1 N–H and O–H groups in total. The van der Waals surface area contributed by atoms with Crippen LogP contribution in [0.15, 0.2) is 54.7 Å². The van der Waals surface area contributed by atoms with Crippen molar-refractivity contribution < 1.29 is 0 Å². The average molecular weight is 405 g/mol. The van der Waals surface area contributed by atoms with Crippen molar-refractivity contribution in [2.24, 2.45) is 0 Å². The molecule has 0 aliphatic carbocycles. The van der Waals surface area contributed by atoms with Gasteiger partial charge in [0.05, 0.1) is 0 Å². The Morgan fingerprint density at radius 1 is 0.833 bits per heavy atom. The van der Waals surface area contributed by atoms with Crippen LogP contribution in [-0.4, -0.2) is 59.2 Å². The molecule has 4 rings (SSSR count). The summed E-state index contributed by atoms with van der Waals surface area (Å²) < 4.78 is 0. The molecule has 8 nitrogen and oxygen atoms in total. The number of anilines is 5. The third-order valence-electron chi connectivity index (χ3n) is 5.22. The predicted octanol–water partition coefficient (Wildman–Crippen LogP) is 3.18. The van der Waals surface area contributed by atoms with Gasteiger partial charge in [-0.05, 0) is 38.1 Å². The molecule has 0 saturated carbocycles. The fourth-order valence-electron chi connectivity index (χ4n) is 3.53. The van der Waals surface area contributed by atoms with Crippen LogP contribution in [0.4, 0.5) is 29.4 Å². The normalized spacial score (nSPS) is 13.9. The Morgan fingerprint density at radius 3 is 2.20 bits per heavy atom. The van der Waals surface area contributed by atoms with Crippen LogP contribution in [0.25, 0.3) is 0 Å². The summed E-state index contributed by atoms with van der Waals surface area (Å²) in [5.41, 5.74) is 0.958. The van der Waals surface area contributed by atoms with Gasteiger partial charge in [-0.25, -0.2) is 4.98 Å². The zero-order valence-electron chi connectivity index (χ0n) is 17.6. The molecule has 156 valence electrons. The molecule has 1 aliphatic heterocycles. The molecule has 1 fully saturated rings. The second-order valence-corrected chi connectivity index (χ2v) is 7.08. The molecule has 8 heteroatoms. The highest BCUT2D eigenvalue weighted by Crippen LogP contribution is 2.21. The maximum absolute atomic E-state index is 4.79. The van der Waals surface area contributed by atoms with E-state index in [4.69, 9.17) is 9.97 Å². The average Bonchev–Trinajstić information content (AvgIpc) is 2.81. The summed E-state index contributed by atoms with van der Waals surface area (Å²) >= 11 is 0. The minimum Gasteiger partial charge on any atom is -0.353 e. The second kappa shape index (κ2) is 9.39. The van der Waals surface area contributed by atoms with Crippen LogP contribution in [0.1, 0.15) is 13.8 Å². The van der Waals surface area contributed by atoms with E-state index in [9.17, 15) is 0 Å². The van der Waals surface area contributed by atoms with Gasteiger partial charge in [-0.3, -0.25) is 0 Å². The predicted molar refractivity (Wildman–Crippen MR) is 122 cm³/mol. The van der Waals surface area contributed by atoms with Crippen LogP contribution in [0.5, 0.6) is 0 Å². The molecule has 0 radical (unpaired) electrons. The van der Waals surface area contributed by atoms with Crippen molar-refractivity contribution in [3.8, 4) is 0 Å². The smallest absolute Gasteiger partial charge is 0.233 e. The summed E-state index contributed by atoms with van der Waals surface area (Å²) in [5, 5.41) is 3.33. The van der Waals surface area contributed by atoms with Crippen molar-refractivity contribution in [3.63, 3.8) is 0 Å². The summed E-state index contributed by atoms with van der Waals surface area (Å²) in [6.45, 7) is 9.35. The third kappa shape index (κ3) is 4.59. The van der Waals surface area contributed by atoms with Gasteiger partial charge in [0.2, 0.25) is 17.8 Å². The Hall–Kier alpha value is -3.42. The molecule has 3 heterocycles. The number of nitrogens with one attached hydrogen (secondary N) is 1. The number of aromatic nitrogens is 4. The van der Waals surface area contributed by atoms with E-state index < -0.39 is 0 Å². The Balaban J connectivity index is 1.55. The van der Waals surface area contributed by atoms with Gasteiger partial charge >= 0.3 is 0 Å². The summed E-state index contributed by atoms with van der Waals surface area (Å²) in [4.78, 5) is 25.3. The monoisotopic (exact) mass is 404 g/mol. The first-order valence-electron chi connectivity index (χ1n) is 10.5. The number of hydrogen-bond acceptors (Lipinski definition) is 8. The van der Waals surface area contributed by atoms with Gasteiger partial charge in [-0.1, -0.05) is 24.3 Å². The molecule has 1 aliphatic rings. The minimum atomic E-state index is 0.570. The highest BCUT2D eigenvalue weighted by atomic mass is 15.4. The highest BCUT2D eigenvalue weighted by molar-refractivity contribution is 5.56. The van der Waals surface area contributed by atoms with E-state index in [1.807, 2.05) is 48.7 Å². The van der Waals surface area contributed by atoms with E-state index in [1.165, 1.54) is 0 Å². The molecule has 1 saturated heterocycles. The maximum atomic E-state index is 4.79. The molecular formula is C22H28N8. The lowest BCUT2D eigenvalue weighted by molar-refractivity contribution is 0.632. The van der Waals surface area contributed by atoms with Crippen LogP contribution in [-0.2, 0) is 0 Å². The summed E-state index contributed by atoms with van der Waals surface area (Å²) in [6, 6.07) is 16.0. The number of nitrogens with zero attached hydrogens (tertiary/aromatic N) is 7. The van der Waals surface area contributed by atoms with Crippen molar-refractivity contribution >= 4 is 29.4 Å². The Kier molecular flexibility index (Phi) is 6.22. The van der Waals surface area contributed by atoms with Crippen molar-refractivity contribution in [2.75, 3.05) is 59.3 Å². The van der Waals surface area contributed by atoms with Crippen molar-refractivity contribution in [1.82, 2.24) is 19.9 Å². The molecule has 30 heavy (non-hydrogen) atoms. The summed E-state index contributed by atoms with van der Waals surface area (Å²) in [6.07, 6.45) is 1.84. The number of piperazine rings is 1. The topological polar surface area (TPSA) is 73.3 Å². The Labute approximate surface area is 177 Å². The molecule has 3 aromatic rings. The van der Waals surface area contributed by atoms with Crippen molar-refractivity contribution in [1.29, 1.82) is 0 Å². The molecule has 0 spiro atoms. The van der Waals surface area contributed by atoms with Crippen LogP contribution >= 0.6 is 0 Å². The number of para-hydroxylation sites is 1. The molecule has 0 unspecified atom stereocenters. The molecule has 0 bridgehead atoms. The van der Waals surface area contributed by atoms with Crippen LogP contribution < -0.4 is 20.0 Å². The first-order valence-corrected chi connectivity index (χ1v) is 10.5. The lowest BCUT2D eigenvalue weighted by Crippen LogP contribution is -2.47. The fraction of sp³-hybridized carbons (Fsp3) is 0.364. The van der Waals surface area contributed by atoms with Gasteiger partial charge in [0.1, 0.15) is 5.82 Å². The van der Waals surface area contributed by atoms with Gasteiger partial charge in [0, 0.05) is 51.2 Å². The number of pyridine rings is 1. The van der Waals surface area contributed by atoms with Crippen LogP contribution in [0, 0.1) is 0 Å².